The van der Waals surface area contributed by atoms with Crippen LogP contribution in [0, 0.1) is 6.92 Å². The van der Waals surface area contributed by atoms with Crippen LogP contribution in [-0.4, -0.2) is 28.4 Å². The van der Waals surface area contributed by atoms with Crippen molar-refractivity contribution in [1.82, 2.24) is 4.98 Å². The van der Waals surface area contributed by atoms with E-state index in [1.54, 1.807) is 13.0 Å². The number of aryl methyl sites for hydroxylation is 1. The summed E-state index contributed by atoms with van der Waals surface area (Å²) in [6.07, 6.45) is 2.33. The molecule has 17 heavy (non-hydrogen) atoms. The van der Waals surface area contributed by atoms with E-state index in [0.717, 1.165) is 11.6 Å². The molecule has 0 radical (unpaired) electrons. The molecule has 0 aliphatic heterocycles. The van der Waals surface area contributed by atoms with Crippen molar-refractivity contribution in [3.05, 3.63) is 41.4 Å². The molecule has 1 aromatic heterocycles. The van der Waals surface area contributed by atoms with Gasteiger partial charge in [0.25, 0.3) is 0 Å². The summed E-state index contributed by atoms with van der Waals surface area (Å²) in [5.41, 5.74) is 1.08. The van der Waals surface area contributed by atoms with Crippen molar-refractivity contribution in [3.8, 4) is 0 Å². The SMILES string of the molecule is CCOC(=O)C(O)=CC(=O)c1ccc(C)cn1. The minimum atomic E-state index is -0.923. The number of aliphatic hydroxyl groups excluding tert-OH is 1. The Morgan fingerprint density at radius 1 is 1.47 bits per heavy atom. The van der Waals surface area contributed by atoms with Crippen molar-refractivity contribution in [2.45, 2.75) is 13.8 Å². The zero-order chi connectivity index (χ0) is 12.8. The Hall–Kier alpha value is -2.17. The molecule has 0 saturated carbocycles. The highest BCUT2D eigenvalue weighted by Crippen LogP contribution is 2.03. The van der Waals surface area contributed by atoms with Crippen LogP contribution in [0.2, 0.25) is 0 Å². The number of ether oxygens (including phenoxy) is 1. The van der Waals surface area contributed by atoms with Gasteiger partial charge in [-0.1, -0.05) is 6.07 Å². The molecule has 90 valence electrons. The molecule has 1 heterocycles. The lowest BCUT2D eigenvalue weighted by molar-refractivity contribution is -0.141. The number of aliphatic hydroxyl groups is 1. The number of ketones is 1. The van der Waals surface area contributed by atoms with Crippen LogP contribution >= 0.6 is 0 Å². The molecular formula is C12H13NO4. The van der Waals surface area contributed by atoms with Gasteiger partial charge in [-0.05, 0) is 25.5 Å². The van der Waals surface area contributed by atoms with Crippen molar-refractivity contribution in [2.24, 2.45) is 0 Å². The van der Waals surface area contributed by atoms with E-state index in [2.05, 4.69) is 9.72 Å². The summed E-state index contributed by atoms with van der Waals surface area (Å²) in [5.74, 6) is -2.19. The van der Waals surface area contributed by atoms with Crippen LogP contribution in [0.25, 0.3) is 0 Å². The zero-order valence-electron chi connectivity index (χ0n) is 9.64. The van der Waals surface area contributed by atoms with Gasteiger partial charge in [-0.2, -0.15) is 0 Å². The van der Waals surface area contributed by atoms with Crippen LogP contribution in [0.3, 0.4) is 0 Å². The number of carbonyl (C=O) groups is 2. The Labute approximate surface area is 98.7 Å². The molecule has 5 nitrogen and oxygen atoms in total. The first-order valence-electron chi connectivity index (χ1n) is 5.09. The maximum atomic E-state index is 11.6. The van der Waals surface area contributed by atoms with E-state index in [1.165, 1.54) is 12.3 Å². The van der Waals surface area contributed by atoms with Gasteiger partial charge in [0.2, 0.25) is 11.5 Å². The van der Waals surface area contributed by atoms with Crippen molar-refractivity contribution < 1.29 is 19.4 Å². The second-order valence-corrected chi connectivity index (χ2v) is 3.34. The molecule has 1 aromatic rings. The molecule has 0 aromatic carbocycles. The van der Waals surface area contributed by atoms with E-state index in [4.69, 9.17) is 0 Å². The molecule has 0 amide bonds. The first kappa shape index (κ1) is 12.9. The average molecular weight is 235 g/mol. The van der Waals surface area contributed by atoms with E-state index in [-0.39, 0.29) is 12.3 Å². The van der Waals surface area contributed by atoms with Crippen LogP contribution in [0.4, 0.5) is 0 Å². The molecule has 0 aliphatic carbocycles. The lowest BCUT2D eigenvalue weighted by Gasteiger charge is -2.00. The Balaban J connectivity index is 2.81. The number of pyridine rings is 1. The number of hydrogen-bond acceptors (Lipinski definition) is 5. The molecule has 0 unspecified atom stereocenters. The smallest absolute Gasteiger partial charge is 0.373 e. The second-order valence-electron chi connectivity index (χ2n) is 3.34. The van der Waals surface area contributed by atoms with Crippen molar-refractivity contribution in [1.29, 1.82) is 0 Å². The van der Waals surface area contributed by atoms with E-state index in [1.807, 2.05) is 6.92 Å². The monoisotopic (exact) mass is 235 g/mol. The highest BCUT2D eigenvalue weighted by Gasteiger charge is 2.12. The van der Waals surface area contributed by atoms with Gasteiger partial charge in [-0.3, -0.25) is 9.78 Å². The number of allylic oxidation sites excluding steroid dienone is 1. The van der Waals surface area contributed by atoms with Gasteiger partial charge in [-0.25, -0.2) is 4.79 Å². The molecule has 1 rings (SSSR count). The van der Waals surface area contributed by atoms with Crippen molar-refractivity contribution >= 4 is 11.8 Å². The topological polar surface area (TPSA) is 76.5 Å². The van der Waals surface area contributed by atoms with Gasteiger partial charge in [0.1, 0.15) is 5.69 Å². The fourth-order valence-electron chi connectivity index (χ4n) is 1.08. The molecule has 5 heteroatoms. The highest BCUT2D eigenvalue weighted by molar-refractivity contribution is 6.06. The highest BCUT2D eigenvalue weighted by atomic mass is 16.5. The number of nitrogens with zero attached hydrogens (tertiary/aromatic N) is 1. The first-order valence-corrected chi connectivity index (χ1v) is 5.09. The summed E-state index contributed by atoms with van der Waals surface area (Å²) in [6, 6.07) is 3.24. The van der Waals surface area contributed by atoms with Gasteiger partial charge in [-0.15, -0.1) is 0 Å². The predicted molar refractivity (Wildman–Crippen MR) is 60.6 cm³/mol. The van der Waals surface area contributed by atoms with Crippen LogP contribution < -0.4 is 0 Å². The molecular weight excluding hydrogens is 222 g/mol. The van der Waals surface area contributed by atoms with E-state index in [0.29, 0.717) is 0 Å². The summed E-state index contributed by atoms with van der Waals surface area (Å²) in [6.45, 7) is 3.58. The zero-order valence-corrected chi connectivity index (χ0v) is 9.64. The molecule has 0 saturated heterocycles. The average Bonchev–Trinajstić information content (AvgIpc) is 2.30. The summed E-state index contributed by atoms with van der Waals surface area (Å²) in [7, 11) is 0. The predicted octanol–water partition coefficient (Wildman–Crippen LogP) is 1.58. The largest absolute Gasteiger partial charge is 0.502 e. The normalized spacial score (nSPS) is 11.1. The number of hydrogen-bond donors (Lipinski definition) is 1. The third-order valence-corrected chi connectivity index (χ3v) is 1.92. The van der Waals surface area contributed by atoms with Gasteiger partial charge in [0, 0.05) is 12.3 Å². The lowest BCUT2D eigenvalue weighted by atomic mass is 10.2. The fraction of sp³-hybridized carbons (Fsp3) is 0.250. The number of rotatable bonds is 4. The molecule has 0 fully saturated rings. The van der Waals surface area contributed by atoms with Crippen LogP contribution in [0.1, 0.15) is 23.0 Å². The van der Waals surface area contributed by atoms with Gasteiger partial charge in [0.05, 0.1) is 6.61 Å². The summed E-state index contributed by atoms with van der Waals surface area (Å²) in [5, 5.41) is 9.27. The van der Waals surface area contributed by atoms with Gasteiger partial charge < -0.3 is 9.84 Å². The summed E-state index contributed by atoms with van der Waals surface area (Å²) >= 11 is 0. The number of aromatic nitrogens is 1. The summed E-state index contributed by atoms with van der Waals surface area (Å²) < 4.78 is 4.53. The van der Waals surface area contributed by atoms with E-state index < -0.39 is 17.5 Å². The third-order valence-electron chi connectivity index (χ3n) is 1.92. The minimum absolute atomic E-state index is 0.133. The Morgan fingerprint density at radius 3 is 2.71 bits per heavy atom. The molecule has 0 spiro atoms. The quantitative estimate of drug-likeness (QED) is 0.371. The number of esters is 1. The van der Waals surface area contributed by atoms with E-state index >= 15 is 0 Å². The second kappa shape index (κ2) is 5.79. The van der Waals surface area contributed by atoms with Crippen LogP contribution in [0.5, 0.6) is 0 Å². The van der Waals surface area contributed by atoms with E-state index in [9.17, 15) is 14.7 Å². The third kappa shape index (κ3) is 3.71. The summed E-state index contributed by atoms with van der Waals surface area (Å²) in [4.78, 5) is 26.5. The molecule has 0 atom stereocenters. The fourth-order valence-corrected chi connectivity index (χ4v) is 1.08. The minimum Gasteiger partial charge on any atom is -0.502 e. The maximum Gasteiger partial charge on any atom is 0.373 e. The van der Waals surface area contributed by atoms with Crippen molar-refractivity contribution in [3.63, 3.8) is 0 Å². The Morgan fingerprint density at radius 2 is 2.18 bits per heavy atom. The number of carbonyl (C=O) groups excluding carboxylic acids is 2. The van der Waals surface area contributed by atoms with Crippen LogP contribution in [0.15, 0.2) is 30.2 Å². The Kier molecular flexibility index (Phi) is 4.39. The molecule has 0 bridgehead atoms. The van der Waals surface area contributed by atoms with Gasteiger partial charge >= 0.3 is 5.97 Å². The van der Waals surface area contributed by atoms with Crippen molar-refractivity contribution in [2.75, 3.05) is 6.61 Å². The van der Waals surface area contributed by atoms with Crippen LogP contribution in [-0.2, 0) is 9.53 Å². The first-order chi connectivity index (χ1) is 8.04. The van der Waals surface area contributed by atoms with Gasteiger partial charge in [0.15, 0.2) is 0 Å². The lowest BCUT2D eigenvalue weighted by Crippen LogP contribution is -2.09. The molecule has 0 aliphatic rings. The standard InChI is InChI=1S/C12H13NO4/c1-3-17-12(16)11(15)6-10(14)9-5-4-8(2)7-13-9/h4-7,15H,3H2,1-2H3. The molecule has 1 N–H and O–H groups in total. The Bertz CT molecular complexity index is 448. The maximum absolute atomic E-state index is 11.6.